The van der Waals surface area contributed by atoms with Gasteiger partial charge in [-0.1, -0.05) is 19.4 Å². The molecule has 0 amide bonds. The molecule has 0 saturated heterocycles. The number of Topliss-reactive ketones (excluding diaryl/α,β-unsaturated/α-hetero) is 1. The van der Waals surface area contributed by atoms with Crippen LogP contribution in [-0.2, 0) is 16.6 Å². The first-order chi connectivity index (χ1) is 13.2. The van der Waals surface area contributed by atoms with Gasteiger partial charge in [0.05, 0.1) is 11.0 Å². The lowest BCUT2D eigenvalue weighted by Crippen LogP contribution is -2.77. The summed E-state index contributed by atoms with van der Waals surface area (Å²) in [6.45, 7) is 2.71. The molecule has 4 aliphatic rings. The highest BCUT2D eigenvalue weighted by Crippen LogP contribution is 2.63. The Hall–Kier alpha value is -1.67. The minimum atomic E-state index is -2.68. The van der Waals surface area contributed by atoms with Crippen molar-refractivity contribution in [2.45, 2.75) is 74.4 Å². The SMILES string of the molecule is CCC[C@]12c3c4ccc(O)c3O[C@H]1C(=O)C(O)(O)C[C@@]2(O)[C@H](NCC1CC1)C4. The molecule has 1 aromatic rings. The number of aliphatic hydroxyl groups is 3. The van der Waals surface area contributed by atoms with Gasteiger partial charge in [0.15, 0.2) is 17.6 Å². The van der Waals surface area contributed by atoms with Crippen molar-refractivity contribution in [3.05, 3.63) is 23.3 Å². The summed E-state index contributed by atoms with van der Waals surface area (Å²) in [6.07, 6.45) is 2.17. The van der Waals surface area contributed by atoms with E-state index in [4.69, 9.17) is 4.74 Å². The van der Waals surface area contributed by atoms with E-state index >= 15 is 0 Å². The molecule has 5 N–H and O–H groups in total. The monoisotopic (exact) mass is 389 g/mol. The van der Waals surface area contributed by atoms with Crippen molar-refractivity contribution in [3.63, 3.8) is 0 Å². The minimum Gasteiger partial charge on any atom is -0.504 e. The molecule has 1 aromatic carbocycles. The minimum absolute atomic E-state index is 0.0929. The van der Waals surface area contributed by atoms with Crippen LogP contribution < -0.4 is 10.1 Å². The average Bonchev–Trinajstić information content (AvgIpc) is 3.38. The summed E-state index contributed by atoms with van der Waals surface area (Å²) in [6, 6.07) is 2.93. The van der Waals surface area contributed by atoms with E-state index in [1.807, 2.05) is 13.0 Å². The summed E-state index contributed by atoms with van der Waals surface area (Å²) in [5, 5.41) is 46.9. The summed E-state index contributed by atoms with van der Waals surface area (Å²) in [5.74, 6) is -2.84. The lowest BCUT2D eigenvalue weighted by Gasteiger charge is -2.58. The highest BCUT2D eigenvalue weighted by molar-refractivity contribution is 5.95. The molecular weight excluding hydrogens is 362 g/mol. The Morgan fingerprint density at radius 3 is 2.68 bits per heavy atom. The molecule has 2 saturated carbocycles. The smallest absolute Gasteiger partial charge is 0.232 e. The lowest BCUT2D eigenvalue weighted by atomic mass is 9.49. The maximum atomic E-state index is 13.0. The number of rotatable bonds is 5. The lowest BCUT2D eigenvalue weighted by molar-refractivity contribution is -0.249. The molecule has 7 nitrogen and oxygen atoms in total. The number of benzene rings is 1. The van der Waals surface area contributed by atoms with Crippen LogP contribution in [0.1, 0.15) is 50.2 Å². The number of aromatic hydroxyl groups is 1. The van der Waals surface area contributed by atoms with Crippen molar-refractivity contribution >= 4 is 5.78 Å². The van der Waals surface area contributed by atoms with Gasteiger partial charge < -0.3 is 30.5 Å². The molecule has 2 fully saturated rings. The van der Waals surface area contributed by atoms with E-state index in [1.54, 1.807) is 6.07 Å². The zero-order valence-electron chi connectivity index (χ0n) is 15.9. The van der Waals surface area contributed by atoms with Crippen molar-refractivity contribution in [1.82, 2.24) is 5.32 Å². The predicted octanol–water partition coefficient (Wildman–Crippen LogP) is 0.500. The van der Waals surface area contributed by atoms with Crippen LogP contribution in [0.25, 0.3) is 0 Å². The highest BCUT2D eigenvalue weighted by Gasteiger charge is 2.75. The second kappa shape index (κ2) is 5.69. The first-order valence-electron chi connectivity index (χ1n) is 10.2. The summed E-state index contributed by atoms with van der Waals surface area (Å²) in [5.41, 5.74) is -1.11. The van der Waals surface area contributed by atoms with Crippen molar-refractivity contribution in [2.75, 3.05) is 6.54 Å². The number of hydrogen-bond donors (Lipinski definition) is 5. The molecule has 0 bridgehead atoms. The number of phenols is 1. The van der Waals surface area contributed by atoms with Gasteiger partial charge in [0.25, 0.3) is 0 Å². The fourth-order valence-corrected chi connectivity index (χ4v) is 5.85. The van der Waals surface area contributed by atoms with Crippen LogP contribution in [0, 0.1) is 5.92 Å². The van der Waals surface area contributed by atoms with E-state index < -0.39 is 41.2 Å². The maximum Gasteiger partial charge on any atom is 0.232 e. The van der Waals surface area contributed by atoms with Crippen molar-refractivity contribution in [2.24, 2.45) is 5.92 Å². The fourth-order valence-electron chi connectivity index (χ4n) is 5.85. The Bertz CT molecular complexity index is 850. The molecule has 0 aromatic heterocycles. The van der Waals surface area contributed by atoms with Gasteiger partial charge in [0.1, 0.15) is 0 Å². The van der Waals surface area contributed by atoms with Gasteiger partial charge >= 0.3 is 0 Å². The van der Waals surface area contributed by atoms with Gasteiger partial charge in [0, 0.05) is 18.0 Å². The first kappa shape index (κ1) is 18.4. The molecular formula is C21H27NO6. The molecule has 4 atom stereocenters. The summed E-state index contributed by atoms with van der Waals surface area (Å²) in [4.78, 5) is 13.0. The van der Waals surface area contributed by atoms with Crippen molar-refractivity contribution in [3.8, 4) is 11.5 Å². The molecule has 0 unspecified atom stereocenters. The first-order valence-corrected chi connectivity index (χ1v) is 10.2. The van der Waals surface area contributed by atoms with Crippen LogP contribution in [0.5, 0.6) is 11.5 Å². The molecule has 1 aliphatic heterocycles. The third kappa shape index (κ3) is 2.16. The Morgan fingerprint density at radius 2 is 2.00 bits per heavy atom. The zero-order chi connectivity index (χ0) is 19.9. The van der Waals surface area contributed by atoms with Crippen molar-refractivity contribution in [1.29, 1.82) is 0 Å². The van der Waals surface area contributed by atoms with Gasteiger partial charge in [-0.05, 0) is 49.8 Å². The van der Waals surface area contributed by atoms with Gasteiger partial charge in [-0.25, -0.2) is 0 Å². The average molecular weight is 389 g/mol. The topological polar surface area (TPSA) is 119 Å². The largest absolute Gasteiger partial charge is 0.504 e. The van der Waals surface area contributed by atoms with E-state index in [-0.39, 0.29) is 11.5 Å². The second-order valence-corrected chi connectivity index (χ2v) is 9.06. The Balaban J connectivity index is 1.73. The van der Waals surface area contributed by atoms with Crippen LogP contribution in [-0.4, -0.2) is 56.3 Å². The Labute approximate surface area is 163 Å². The number of hydrogen-bond acceptors (Lipinski definition) is 7. The standard InChI is InChI=1S/C21H27NO6/c1-2-7-19-15-12-5-6-13(23)16(15)28-18(19)17(24)21(26,27)10-20(19,25)14(8-12)22-9-11-3-4-11/h5-6,11,14,18,22-23,25-27H,2-4,7-10H2,1H3/t14-,18+,19+,20-/m1/s1. The van der Waals surface area contributed by atoms with Gasteiger partial charge in [0.2, 0.25) is 11.6 Å². The zero-order valence-corrected chi connectivity index (χ0v) is 15.9. The van der Waals surface area contributed by atoms with Crippen LogP contribution >= 0.6 is 0 Å². The fraction of sp³-hybridized carbons (Fsp3) is 0.667. The number of carbonyl (C=O) groups excluding carboxylic acids is 1. The third-order valence-corrected chi connectivity index (χ3v) is 7.27. The summed E-state index contributed by atoms with van der Waals surface area (Å²) >= 11 is 0. The van der Waals surface area contributed by atoms with Crippen LogP contribution in [0.3, 0.4) is 0 Å². The van der Waals surface area contributed by atoms with Gasteiger partial charge in [-0.3, -0.25) is 4.79 Å². The second-order valence-electron chi connectivity index (χ2n) is 9.06. The van der Waals surface area contributed by atoms with Crippen LogP contribution in [0.15, 0.2) is 12.1 Å². The molecule has 1 heterocycles. The van der Waals surface area contributed by atoms with Crippen LogP contribution in [0.4, 0.5) is 0 Å². The highest BCUT2D eigenvalue weighted by atomic mass is 16.5. The van der Waals surface area contributed by atoms with E-state index in [1.165, 1.54) is 0 Å². The quantitative estimate of drug-likeness (QED) is 0.465. The van der Waals surface area contributed by atoms with Crippen LogP contribution in [0.2, 0.25) is 0 Å². The normalized spacial score (nSPS) is 37.5. The number of carbonyl (C=O) groups is 1. The molecule has 5 rings (SSSR count). The third-order valence-electron chi connectivity index (χ3n) is 7.27. The summed E-state index contributed by atoms with van der Waals surface area (Å²) < 4.78 is 5.88. The Kier molecular flexibility index (Phi) is 3.73. The summed E-state index contributed by atoms with van der Waals surface area (Å²) in [7, 11) is 0. The van der Waals surface area contributed by atoms with Gasteiger partial charge in [-0.15, -0.1) is 0 Å². The molecule has 7 heteroatoms. The van der Waals surface area contributed by atoms with E-state index in [0.717, 1.165) is 24.9 Å². The number of nitrogens with one attached hydrogen (secondary N) is 1. The van der Waals surface area contributed by atoms with E-state index in [2.05, 4.69) is 5.32 Å². The molecule has 152 valence electrons. The molecule has 0 radical (unpaired) electrons. The van der Waals surface area contributed by atoms with Gasteiger partial charge in [-0.2, -0.15) is 0 Å². The van der Waals surface area contributed by atoms with Crippen molar-refractivity contribution < 1.29 is 30.0 Å². The number of phenolic OH excluding ortho intramolecular Hbond substituents is 1. The molecule has 3 aliphatic carbocycles. The Morgan fingerprint density at radius 1 is 1.25 bits per heavy atom. The molecule has 28 heavy (non-hydrogen) atoms. The van der Waals surface area contributed by atoms with E-state index in [9.17, 15) is 25.2 Å². The number of ketones is 1. The number of ether oxygens (including phenoxy) is 1. The van der Waals surface area contributed by atoms with E-state index in [0.29, 0.717) is 30.7 Å². The molecule has 0 spiro atoms. The predicted molar refractivity (Wildman–Crippen MR) is 99.1 cm³/mol. The maximum absolute atomic E-state index is 13.0.